The maximum atomic E-state index is 5.36. The molecule has 0 spiro atoms. The third-order valence-corrected chi connectivity index (χ3v) is 2.13. The van der Waals surface area contributed by atoms with Crippen LogP contribution in [0.4, 0.5) is 5.69 Å². The van der Waals surface area contributed by atoms with Crippen molar-refractivity contribution in [3.63, 3.8) is 0 Å². The van der Waals surface area contributed by atoms with E-state index >= 15 is 0 Å². The van der Waals surface area contributed by atoms with Gasteiger partial charge in [-0.2, -0.15) is 0 Å². The highest BCUT2D eigenvalue weighted by Gasteiger charge is 2.03. The first-order valence-electron chi connectivity index (χ1n) is 4.78. The van der Waals surface area contributed by atoms with Crippen LogP contribution < -0.4 is 5.73 Å². The molecular formula is C11H18N2. The van der Waals surface area contributed by atoms with Crippen LogP contribution in [-0.2, 0) is 0 Å². The number of hydrogen-bond acceptors (Lipinski definition) is 2. The first-order valence-corrected chi connectivity index (χ1v) is 4.78. The second kappa shape index (κ2) is 5.60. The second-order valence-electron chi connectivity index (χ2n) is 3.42. The number of para-hydroxylation sites is 1. The van der Waals surface area contributed by atoms with Crippen molar-refractivity contribution in [2.24, 2.45) is 0 Å². The summed E-state index contributed by atoms with van der Waals surface area (Å²) in [6.07, 6.45) is 2.83. The smallest absolute Gasteiger partial charge is 0.0313 e. The summed E-state index contributed by atoms with van der Waals surface area (Å²) in [4.78, 5) is 2.36. The van der Waals surface area contributed by atoms with E-state index in [1.807, 2.05) is 30.3 Å². The standard InChI is InChI=1S/C6H7N.C5H11N/c7-6-4-2-1-3-5-6;1-6-4-2-3-5-6/h1-5H,7H2;2-5H2,1H3. The van der Waals surface area contributed by atoms with E-state index in [1.54, 1.807) is 0 Å². The van der Waals surface area contributed by atoms with Crippen LogP contribution in [0, 0.1) is 0 Å². The van der Waals surface area contributed by atoms with Crippen molar-refractivity contribution in [1.82, 2.24) is 4.90 Å². The number of nitrogens with two attached hydrogens (primary N) is 1. The van der Waals surface area contributed by atoms with Crippen molar-refractivity contribution in [2.75, 3.05) is 25.9 Å². The van der Waals surface area contributed by atoms with Crippen LogP contribution >= 0.6 is 0 Å². The molecule has 0 bridgehead atoms. The van der Waals surface area contributed by atoms with E-state index in [1.165, 1.54) is 25.9 Å². The Kier molecular flexibility index (Phi) is 4.33. The largest absolute Gasteiger partial charge is 0.399 e. The van der Waals surface area contributed by atoms with Gasteiger partial charge in [-0.15, -0.1) is 0 Å². The van der Waals surface area contributed by atoms with Crippen LogP contribution in [0.15, 0.2) is 30.3 Å². The van der Waals surface area contributed by atoms with Crippen molar-refractivity contribution in [3.05, 3.63) is 30.3 Å². The lowest BCUT2D eigenvalue weighted by atomic mass is 10.3. The molecule has 1 aliphatic rings. The molecule has 0 radical (unpaired) electrons. The van der Waals surface area contributed by atoms with E-state index < -0.39 is 0 Å². The van der Waals surface area contributed by atoms with Crippen molar-refractivity contribution >= 4 is 5.69 Å². The lowest BCUT2D eigenvalue weighted by Gasteiger charge is -2.01. The number of nitrogens with zero attached hydrogens (tertiary/aromatic N) is 1. The van der Waals surface area contributed by atoms with E-state index in [0.717, 1.165) is 5.69 Å². The van der Waals surface area contributed by atoms with Crippen LogP contribution in [0.1, 0.15) is 12.8 Å². The van der Waals surface area contributed by atoms with Gasteiger partial charge in [-0.05, 0) is 45.1 Å². The Morgan fingerprint density at radius 2 is 1.62 bits per heavy atom. The third kappa shape index (κ3) is 4.53. The Bertz CT molecular complexity index is 215. The van der Waals surface area contributed by atoms with Gasteiger partial charge in [-0.25, -0.2) is 0 Å². The van der Waals surface area contributed by atoms with Gasteiger partial charge >= 0.3 is 0 Å². The molecule has 1 aromatic carbocycles. The molecule has 2 heteroatoms. The van der Waals surface area contributed by atoms with Crippen LogP contribution in [0.25, 0.3) is 0 Å². The average Bonchev–Trinajstić information content (AvgIpc) is 2.58. The molecule has 2 nitrogen and oxygen atoms in total. The fraction of sp³-hybridized carbons (Fsp3) is 0.455. The van der Waals surface area contributed by atoms with E-state index in [0.29, 0.717) is 0 Å². The third-order valence-electron chi connectivity index (χ3n) is 2.13. The van der Waals surface area contributed by atoms with Gasteiger partial charge in [0.25, 0.3) is 0 Å². The molecule has 2 N–H and O–H groups in total. The van der Waals surface area contributed by atoms with Gasteiger partial charge in [-0.1, -0.05) is 18.2 Å². The summed E-state index contributed by atoms with van der Waals surface area (Å²) in [5, 5.41) is 0. The van der Waals surface area contributed by atoms with E-state index in [9.17, 15) is 0 Å². The lowest BCUT2D eigenvalue weighted by molar-refractivity contribution is 0.418. The fourth-order valence-electron chi connectivity index (χ4n) is 1.33. The maximum absolute atomic E-state index is 5.36. The zero-order valence-electron chi connectivity index (χ0n) is 8.24. The molecule has 1 heterocycles. The van der Waals surface area contributed by atoms with Crippen LogP contribution in [-0.4, -0.2) is 25.0 Å². The quantitative estimate of drug-likeness (QED) is 0.615. The Balaban J connectivity index is 0.000000132. The first-order chi connectivity index (χ1) is 6.29. The lowest BCUT2D eigenvalue weighted by Crippen LogP contribution is -2.10. The number of benzene rings is 1. The molecule has 1 aliphatic heterocycles. The zero-order chi connectivity index (χ0) is 9.52. The summed E-state index contributed by atoms with van der Waals surface area (Å²) >= 11 is 0. The van der Waals surface area contributed by atoms with Gasteiger partial charge in [0.1, 0.15) is 0 Å². The first kappa shape index (κ1) is 10.1. The summed E-state index contributed by atoms with van der Waals surface area (Å²) in [5.41, 5.74) is 6.18. The molecule has 0 aliphatic carbocycles. The number of likely N-dealkylation sites (tertiary alicyclic amines) is 1. The summed E-state index contributed by atoms with van der Waals surface area (Å²) in [5.74, 6) is 0. The van der Waals surface area contributed by atoms with Crippen molar-refractivity contribution in [2.45, 2.75) is 12.8 Å². The van der Waals surface area contributed by atoms with E-state index in [4.69, 9.17) is 5.73 Å². The summed E-state index contributed by atoms with van der Waals surface area (Å²) in [6.45, 7) is 2.64. The highest BCUT2D eigenvalue weighted by atomic mass is 15.1. The molecular weight excluding hydrogens is 160 g/mol. The number of nitrogen functional groups attached to an aromatic ring is 1. The van der Waals surface area contributed by atoms with Crippen molar-refractivity contribution in [3.8, 4) is 0 Å². The SMILES string of the molecule is CN1CCCC1.Nc1ccccc1. The van der Waals surface area contributed by atoms with Crippen LogP contribution in [0.2, 0.25) is 0 Å². The summed E-state index contributed by atoms with van der Waals surface area (Å²) < 4.78 is 0. The molecule has 72 valence electrons. The minimum absolute atomic E-state index is 0.822. The normalized spacial score (nSPS) is 16.4. The van der Waals surface area contributed by atoms with Gasteiger partial charge in [0.05, 0.1) is 0 Å². The predicted octanol–water partition coefficient (Wildman–Crippen LogP) is 1.98. The molecule has 1 fully saturated rings. The van der Waals surface area contributed by atoms with Gasteiger partial charge in [0, 0.05) is 5.69 Å². The molecule has 1 saturated heterocycles. The second-order valence-corrected chi connectivity index (χ2v) is 3.42. The molecule has 2 rings (SSSR count). The minimum Gasteiger partial charge on any atom is -0.399 e. The highest BCUT2D eigenvalue weighted by molar-refractivity contribution is 5.35. The molecule has 0 amide bonds. The molecule has 1 aromatic rings. The highest BCUT2D eigenvalue weighted by Crippen LogP contribution is 2.02. The summed E-state index contributed by atoms with van der Waals surface area (Å²) in [7, 11) is 2.17. The monoisotopic (exact) mass is 178 g/mol. The molecule has 0 unspecified atom stereocenters. The van der Waals surface area contributed by atoms with Gasteiger partial charge in [-0.3, -0.25) is 0 Å². The Hall–Kier alpha value is -1.02. The zero-order valence-corrected chi connectivity index (χ0v) is 8.24. The van der Waals surface area contributed by atoms with Gasteiger partial charge in [0.15, 0.2) is 0 Å². The minimum atomic E-state index is 0.822. The Morgan fingerprint density at radius 3 is 1.85 bits per heavy atom. The Morgan fingerprint density at radius 1 is 1.08 bits per heavy atom. The topological polar surface area (TPSA) is 29.3 Å². The summed E-state index contributed by atoms with van der Waals surface area (Å²) in [6, 6.07) is 9.49. The number of hydrogen-bond donors (Lipinski definition) is 1. The predicted molar refractivity (Wildman–Crippen MR) is 57.6 cm³/mol. The van der Waals surface area contributed by atoms with Crippen LogP contribution in [0.5, 0.6) is 0 Å². The van der Waals surface area contributed by atoms with Crippen LogP contribution in [0.3, 0.4) is 0 Å². The van der Waals surface area contributed by atoms with E-state index in [-0.39, 0.29) is 0 Å². The molecule has 0 atom stereocenters. The fourth-order valence-corrected chi connectivity index (χ4v) is 1.33. The average molecular weight is 178 g/mol. The van der Waals surface area contributed by atoms with Gasteiger partial charge < -0.3 is 10.6 Å². The van der Waals surface area contributed by atoms with Gasteiger partial charge in [0.2, 0.25) is 0 Å². The number of anilines is 1. The van der Waals surface area contributed by atoms with Crippen molar-refractivity contribution < 1.29 is 0 Å². The molecule has 0 saturated carbocycles. The molecule has 13 heavy (non-hydrogen) atoms. The van der Waals surface area contributed by atoms with Crippen molar-refractivity contribution in [1.29, 1.82) is 0 Å². The number of rotatable bonds is 0. The Labute approximate surface area is 80.4 Å². The van der Waals surface area contributed by atoms with E-state index in [2.05, 4.69) is 11.9 Å². The maximum Gasteiger partial charge on any atom is 0.0313 e. The molecule has 0 aromatic heterocycles.